The average Bonchev–Trinajstić information content (AvgIpc) is 3.24. The largest absolute Gasteiger partial charge is 0.464 e. The molecule has 5 nitrogen and oxygen atoms in total. The van der Waals surface area contributed by atoms with Gasteiger partial charge in [-0.3, -0.25) is 9.59 Å². The van der Waals surface area contributed by atoms with E-state index in [-0.39, 0.29) is 18.3 Å². The van der Waals surface area contributed by atoms with Crippen molar-refractivity contribution in [1.29, 1.82) is 0 Å². The van der Waals surface area contributed by atoms with Crippen LogP contribution < -0.4 is 10.1 Å². The van der Waals surface area contributed by atoms with Gasteiger partial charge in [-0.25, -0.2) is 0 Å². The lowest BCUT2D eigenvalue weighted by molar-refractivity contribution is -0.133. The number of furan rings is 1. The lowest BCUT2D eigenvalue weighted by Crippen LogP contribution is -2.12. The minimum absolute atomic E-state index is 0.0908. The topological polar surface area (TPSA) is 68.5 Å². The van der Waals surface area contributed by atoms with Crippen molar-refractivity contribution in [3.63, 3.8) is 0 Å². The summed E-state index contributed by atoms with van der Waals surface area (Å²) in [5.41, 5.74) is 2.72. The van der Waals surface area contributed by atoms with Crippen LogP contribution in [-0.4, -0.2) is 11.9 Å². The van der Waals surface area contributed by atoms with Crippen molar-refractivity contribution in [2.75, 3.05) is 5.32 Å². The normalized spacial score (nSPS) is 10.9. The van der Waals surface area contributed by atoms with Crippen molar-refractivity contribution < 1.29 is 18.7 Å². The molecule has 0 unspecified atom stereocenters. The Morgan fingerprint density at radius 2 is 1.56 bits per heavy atom. The Hall–Kier alpha value is -4.38. The van der Waals surface area contributed by atoms with Crippen LogP contribution in [0.1, 0.15) is 15.9 Å². The van der Waals surface area contributed by atoms with Gasteiger partial charge in [-0.15, -0.1) is 0 Å². The molecule has 0 aliphatic heterocycles. The molecule has 5 aromatic rings. The molecule has 1 N–H and O–H groups in total. The molecular formula is C27H19NO4. The van der Waals surface area contributed by atoms with Crippen molar-refractivity contribution in [3.05, 3.63) is 108 Å². The van der Waals surface area contributed by atoms with Gasteiger partial charge in [0.25, 0.3) is 5.91 Å². The Morgan fingerprint density at radius 1 is 0.812 bits per heavy atom. The van der Waals surface area contributed by atoms with E-state index < -0.39 is 0 Å². The van der Waals surface area contributed by atoms with E-state index >= 15 is 0 Å². The molecule has 4 aromatic carbocycles. The summed E-state index contributed by atoms with van der Waals surface area (Å²) in [6.07, 6.45) is 1.70. The van der Waals surface area contributed by atoms with Gasteiger partial charge in [0.1, 0.15) is 11.3 Å². The fourth-order valence-corrected chi connectivity index (χ4v) is 3.73. The molecule has 1 aromatic heterocycles. The van der Waals surface area contributed by atoms with Crippen LogP contribution in [0.25, 0.3) is 21.7 Å². The molecular weight excluding hydrogens is 402 g/mol. The number of carbonyl (C=O) groups excluding carboxylic acids is 2. The first-order valence-corrected chi connectivity index (χ1v) is 10.2. The zero-order valence-corrected chi connectivity index (χ0v) is 17.1. The first-order valence-electron chi connectivity index (χ1n) is 10.2. The second-order valence-electron chi connectivity index (χ2n) is 7.42. The highest BCUT2D eigenvalue weighted by Gasteiger charge is 2.15. The molecule has 0 atom stereocenters. The Morgan fingerprint density at radius 3 is 2.38 bits per heavy atom. The monoisotopic (exact) mass is 421 g/mol. The van der Waals surface area contributed by atoms with E-state index in [2.05, 4.69) is 5.32 Å². The van der Waals surface area contributed by atoms with Crippen LogP contribution in [0.4, 0.5) is 5.69 Å². The summed E-state index contributed by atoms with van der Waals surface area (Å²) in [6.45, 7) is 0. The highest BCUT2D eigenvalue weighted by Crippen LogP contribution is 2.30. The fraction of sp³-hybridized carbons (Fsp3) is 0.0370. The number of hydrogen-bond acceptors (Lipinski definition) is 4. The number of amides is 1. The van der Waals surface area contributed by atoms with E-state index in [1.54, 1.807) is 42.7 Å². The Labute approximate surface area is 184 Å². The van der Waals surface area contributed by atoms with E-state index in [0.717, 1.165) is 27.3 Å². The van der Waals surface area contributed by atoms with Crippen molar-refractivity contribution in [2.24, 2.45) is 0 Å². The second kappa shape index (κ2) is 8.40. The molecule has 5 rings (SSSR count). The Bertz CT molecular complexity index is 1420. The highest BCUT2D eigenvalue weighted by atomic mass is 16.5. The molecule has 0 radical (unpaired) electrons. The van der Waals surface area contributed by atoms with Gasteiger partial charge in [-0.2, -0.15) is 0 Å². The standard InChI is InChI=1S/C27H19NO4/c29-25(16-20-17-31-24-15-10-18-6-4-5-9-23(18)26(20)24)32-22-13-11-21(12-14-22)28-27(30)19-7-2-1-3-8-19/h1-15,17H,16H2,(H,28,30). The molecule has 0 spiro atoms. The third-order valence-electron chi connectivity index (χ3n) is 5.25. The number of ether oxygens (including phenoxy) is 1. The first-order chi connectivity index (χ1) is 15.7. The maximum absolute atomic E-state index is 12.6. The number of esters is 1. The van der Waals surface area contributed by atoms with Gasteiger partial charge in [0.2, 0.25) is 0 Å². The van der Waals surface area contributed by atoms with Crippen LogP contribution in [0.15, 0.2) is 102 Å². The van der Waals surface area contributed by atoms with Crippen molar-refractivity contribution in [1.82, 2.24) is 0 Å². The third kappa shape index (κ3) is 3.96. The van der Waals surface area contributed by atoms with Crippen LogP contribution in [0.5, 0.6) is 5.75 Å². The van der Waals surface area contributed by atoms with Crippen LogP contribution >= 0.6 is 0 Å². The van der Waals surface area contributed by atoms with Crippen molar-refractivity contribution in [2.45, 2.75) is 6.42 Å². The third-order valence-corrected chi connectivity index (χ3v) is 5.25. The molecule has 32 heavy (non-hydrogen) atoms. The Balaban J connectivity index is 1.28. The molecule has 1 amide bonds. The van der Waals surface area contributed by atoms with E-state index in [0.29, 0.717) is 17.0 Å². The SMILES string of the molecule is O=C(Cc1coc2ccc3ccccc3c12)Oc1ccc(NC(=O)c2ccccc2)cc1. The molecule has 0 bridgehead atoms. The second-order valence-corrected chi connectivity index (χ2v) is 7.42. The van der Waals surface area contributed by atoms with E-state index in [4.69, 9.17) is 9.15 Å². The molecule has 5 heteroatoms. The van der Waals surface area contributed by atoms with Gasteiger partial charge in [-0.1, -0.05) is 48.5 Å². The molecule has 156 valence electrons. The van der Waals surface area contributed by atoms with Crippen LogP contribution in [0.2, 0.25) is 0 Å². The average molecular weight is 421 g/mol. The summed E-state index contributed by atoms with van der Waals surface area (Å²) in [5.74, 6) is -0.179. The predicted octanol–water partition coefficient (Wildman–Crippen LogP) is 5.99. The van der Waals surface area contributed by atoms with Crippen LogP contribution in [-0.2, 0) is 11.2 Å². The van der Waals surface area contributed by atoms with Crippen LogP contribution in [0.3, 0.4) is 0 Å². The summed E-state index contributed by atoms with van der Waals surface area (Å²) >= 11 is 0. The highest BCUT2D eigenvalue weighted by molar-refractivity contribution is 6.08. The molecule has 0 saturated carbocycles. The zero-order chi connectivity index (χ0) is 21.9. The van der Waals surface area contributed by atoms with E-state index in [1.165, 1.54) is 0 Å². The zero-order valence-electron chi connectivity index (χ0n) is 17.1. The van der Waals surface area contributed by atoms with E-state index in [9.17, 15) is 9.59 Å². The van der Waals surface area contributed by atoms with Gasteiger partial charge in [0.15, 0.2) is 0 Å². The molecule has 0 aliphatic carbocycles. The molecule has 0 saturated heterocycles. The van der Waals surface area contributed by atoms with Gasteiger partial charge in [-0.05, 0) is 53.2 Å². The summed E-state index contributed by atoms with van der Waals surface area (Å²) in [6, 6.07) is 27.6. The number of fused-ring (bicyclic) bond motifs is 3. The number of rotatable bonds is 5. The number of anilines is 1. The first kappa shape index (κ1) is 19.6. The molecule has 1 heterocycles. The molecule has 0 aliphatic rings. The Kier molecular flexibility index (Phi) is 5.14. The van der Waals surface area contributed by atoms with Gasteiger partial charge >= 0.3 is 5.97 Å². The van der Waals surface area contributed by atoms with Gasteiger partial charge in [0.05, 0.1) is 12.7 Å². The van der Waals surface area contributed by atoms with Crippen molar-refractivity contribution in [3.8, 4) is 5.75 Å². The quantitative estimate of drug-likeness (QED) is 0.280. The lowest BCUT2D eigenvalue weighted by Gasteiger charge is -2.07. The minimum Gasteiger partial charge on any atom is -0.464 e. The molecule has 0 fully saturated rings. The number of benzene rings is 4. The summed E-state index contributed by atoms with van der Waals surface area (Å²) in [7, 11) is 0. The van der Waals surface area contributed by atoms with Crippen LogP contribution in [0, 0.1) is 0 Å². The van der Waals surface area contributed by atoms with Gasteiger partial charge in [0, 0.05) is 22.2 Å². The lowest BCUT2D eigenvalue weighted by atomic mass is 10.0. The van der Waals surface area contributed by atoms with Crippen molar-refractivity contribution >= 4 is 39.3 Å². The number of hydrogen-bond donors (Lipinski definition) is 1. The summed E-state index contributed by atoms with van der Waals surface area (Å²) < 4.78 is 11.1. The summed E-state index contributed by atoms with van der Waals surface area (Å²) in [5, 5.41) is 5.88. The smallest absolute Gasteiger partial charge is 0.315 e. The maximum Gasteiger partial charge on any atom is 0.315 e. The minimum atomic E-state index is -0.387. The predicted molar refractivity (Wildman–Crippen MR) is 124 cm³/mol. The number of carbonyl (C=O) groups is 2. The van der Waals surface area contributed by atoms with E-state index in [1.807, 2.05) is 54.6 Å². The van der Waals surface area contributed by atoms with Gasteiger partial charge < -0.3 is 14.5 Å². The number of nitrogens with one attached hydrogen (secondary N) is 1. The summed E-state index contributed by atoms with van der Waals surface area (Å²) in [4.78, 5) is 24.8. The maximum atomic E-state index is 12.6. The fourth-order valence-electron chi connectivity index (χ4n) is 3.73.